The molecule has 7 heteroatoms. The topological polar surface area (TPSA) is 55.6 Å². The summed E-state index contributed by atoms with van der Waals surface area (Å²) < 4.78 is 6.83. The molecule has 2 heterocycles. The summed E-state index contributed by atoms with van der Waals surface area (Å²) in [5.74, 6) is 0.718. The fourth-order valence-electron chi connectivity index (χ4n) is 1.90. The van der Waals surface area contributed by atoms with E-state index in [2.05, 4.69) is 44.5 Å². The van der Waals surface area contributed by atoms with Gasteiger partial charge >= 0.3 is 0 Å². The summed E-state index contributed by atoms with van der Waals surface area (Å²) >= 11 is 1.52. The molecule has 0 spiro atoms. The van der Waals surface area contributed by atoms with Crippen molar-refractivity contribution in [2.75, 3.05) is 26.1 Å². The van der Waals surface area contributed by atoms with E-state index in [0.717, 1.165) is 27.0 Å². The van der Waals surface area contributed by atoms with Gasteiger partial charge in [-0.15, -0.1) is 10.2 Å². The van der Waals surface area contributed by atoms with Gasteiger partial charge in [-0.25, -0.2) is 0 Å². The first kappa shape index (κ1) is 13.0. The Morgan fingerprint density at radius 3 is 2.60 bits per heavy atom. The summed E-state index contributed by atoms with van der Waals surface area (Å²) in [6.45, 7) is 0.407. The second-order valence-electron chi connectivity index (χ2n) is 4.59. The molecule has 0 aliphatic rings. The summed E-state index contributed by atoms with van der Waals surface area (Å²) in [5, 5.41) is 13.6. The zero-order valence-corrected chi connectivity index (χ0v) is 12.4. The second kappa shape index (κ2) is 5.18. The molecule has 1 aromatic carbocycles. The van der Waals surface area contributed by atoms with Crippen molar-refractivity contribution < 1.29 is 4.74 Å². The Bertz CT molecular complexity index is 716. The summed E-state index contributed by atoms with van der Waals surface area (Å²) in [6, 6.07) is 8.29. The van der Waals surface area contributed by atoms with Crippen LogP contribution >= 0.6 is 11.3 Å². The normalized spacial score (nSPS) is 11.2. The Hall–Kier alpha value is -1.99. The van der Waals surface area contributed by atoms with Gasteiger partial charge in [0.15, 0.2) is 5.82 Å². The highest BCUT2D eigenvalue weighted by molar-refractivity contribution is 7.19. The van der Waals surface area contributed by atoms with E-state index >= 15 is 0 Å². The van der Waals surface area contributed by atoms with Crippen LogP contribution in [0.4, 0.5) is 5.69 Å². The molecule has 3 aromatic rings. The van der Waals surface area contributed by atoms with Gasteiger partial charge in [0.25, 0.3) is 0 Å². The van der Waals surface area contributed by atoms with Crippen LogP contribution in [-0.2, 0) is 11.3 Å². The van der Waals surface area contributed by atoms with Crippen LogP contribution in [0.5, 0.6) is 0 Å². The smallest absolute Gasteiger partial charge is 0.235 e. The van der Waals surface area contributed by atoms with Crippen molar-refractivity contribution in [3.63, 3.8) is 0 Å². The third-order valence-corrected chi connectivity index (χ3v) is 3.91. The molecule has 0 saturated heterocycles. The van der Waals surface area contributed by atoms with Gasteiger partial charge in [0.2, 0.25) is 4.96 Å². The molecule has 104 valence electrons. The average Bonchev–Trinajstić information content (AvgIpc) is 3.01. The van der Waals surface area contributed by atoms with Crippen LogP contribution in [0.25, 0.3) is 15.5 Å². The minimum absolute atomic E-state index is 0.407. The van der Waals surface area contributed by atoms with Gasteiger partial charge in [-0.1, -0.05) is 11.3 Å². The molecular formula is C13H15N5OS. The van der Waals surface area contributed by atoms with E-state index < -0.39 is 0 Å². The van der Waals surface area contributed by atoms with Crippen molar-refractivity contribution >= 4 is 22.0 Å². The Morgan fingerprint density at radius 1 is 1.20 bits per heavy atom. The van der Waals surface area contributed by atoms with Gasteiger partial charge in [0, 0.05) is 32.5 Å². The van der Waals surface area contributed by atoms with Crippen LogP contribution in [0, 0.1) is 0 Å². The maximum atomic E-state index is 5.09. The maximum Gasteiger partial charge on any atom is 0.235 e. The molecule has 0 unspecified atom stereocenters. The largest absolute Gasteiger partial charge is 0.378 e. The lowest BCUT2D eigenvalue weighted by Gasteiger charge is -2.11. The SMILES string of the molecule is COCc1nnc2sc(-c3ccc(N(C)C)cc3)nn12. The van der Waals surface area contributed by atoms with E-state index in [1.807, 2.05) is 14.1 Å². The molecule has 0 radical (unpaired) electrons. The highest BCUT2D eigenvalue weighted by Gasteiger charge is 2.12. The minimum Gasteiger partial charge on any atom is -0.378 e. The van der Waals surface area contributed by atoms with Crippen LogP contribution in [-0.4, -0.2) is 41.0 Å². The number of ether oxygens (including phenoxy) is 1. The van der Waals surface area contributed by atoms with Crippen molar-refractivity contribution in [1.29, 1.82) is 0 Å². The third kappa shape index (κ3) is 2.25. The molecule has 0 bridgehead atoms. The Morgan fingerprint density at radius 2 is 1.95 bits per heavy atom. The zero-order valence-electron chi connectivity index (χ0n) is 11.6. The molecule has 0 saturated carbocycles. The number of nitrogens with zero attached hydrogens (tertiary/aromatic N) is 5. The number of hydrogen-bond donors (Lipinski definition) is 0. The zero-order chi connectivity index (χ0) is 14.1. The van der Waals surface area contributed by atoms with Crippen molar-refractivity contribution in [2.24, 2.45) is 0 Å². The molecule has 0 fully saturated rings. The van der Waals surface area contributed by atoms with Gasteiger partial charge < -0.3 is 9.64 Å². The first-order valence-electron chi connectivity index (χ1n) is 6.17. The van der Waals surface area contributed by atoms with Gasteiger partial charge in [0.1, 0.15) is 11.6 Å². The van der Waals surface area contributed by atoms with Gasteiger partial charge in [-0.3, -0.25) is 0 Å². The van der Waals surface area contributed by atoms with Gasteiger partial charge in [0.05, 0.1) is 0 Å². The number of fused-ring (bicyclic) bond motifs is 1. The second-order valence-corrected chi connectivity index (χ2v) is 5.55. The fourth-order valence-corrected chi connectivity index (χ4v) is 2.76. The van der Waals surface area contributed by atoms with E-state index in [1.165, 1.54) is 11.3 Å². The lowest BCUT2D eigenvalue weighted by Crippen LogP contribution is -2.07. The molecule has 20 heavy (non-hydrogen) atoms. The average molecular weight is 289 g/mol. The number of aromatic nitrogens is 4. The lowest BCUT2D eigenvalue weighted by molar-refractivity contribution is 0.176. The van der Waals surface area contributed by atoms with E-state index in [4.69, 9.17) is 4.74 Å². The predicted octanol–water partition coefficient (Wildman–Crippen LogP) is 2.07. The number of anilines is 1. The molecule has 0 N–H and O–H groups in total. The van der Waals surface area contributed by atoms with Crippen LogP contribution in [0.15, 0.2) is 24.3 Å². The molecule has 0 atom stereocenters. The Balaban J connectivity index is 1.97. The summed E-state index contributed by atoms with van der Waals surface area (Å²) in [4.78, 5) is 2.85. The molecule has 0 aliphatic heterocycles. The van der Waals surface area contributed by atoms with Gasteiger partial charge in [-0.05, 0) is 24.3 Å². The molecule has 3 rings (SSSR count). The molecular weight excluding hydrogens is 274 g/mol. The summed E-state index contributed by atoms with van der Waals surface area (Å²) in [6.07, 6.45) is 0. The number of methoxy groups -OCH3 is 1. The van der Waals surface area contributed by atoms with E-state index in [0.29, 0.717) is 6.61 Å². The highest BCUT2D eigenvalue weighted by atomic mass is 32.1. The minimum atomic E-state index is 0.407. The Kier molecular flexibility index (Phi) is 3.37. The molecule has 2 aromatic heterocycles. The standard InChI is InChI=1S/C13H15N5OS/c1-17(2)10-6-4-9(5-7-10)12-16-18-11(8-19-3)14-15-13(18)20-12/h4-7H,8H2,1-3H3. The van der Waals surface area contributed by atoms with Crippen LogP contribution < -0.4 is 4.90 Å². The Labute approximate surface area is 120 Å². The van der Waals surface area contributed by atoms with E-state index in [9.17, 15) is 0 Å². The highest BCUT2D eigenvalue weighted by Crippen LogP contribution is 2.27. The summed E-state index contributed by atoms with van der Waals surface area (Å²) in [7, 11) is 5.68. The van der Waals surface area contributed by atoms with Crippen LogP contribution in [0.1, 0.15) is 5.82 Å². The van der Waals surface area contributed by atoms with E-state index in [-0.39, 0.29) is 0 Å². The van der Waals surface area contributed by atoms with Crippen LogP contribution in [0.3, 0.4) is 0 Å². The quantitative estimate of drug-likeness (QED) is 0.736. The maximum absolute atomic E-state index is 5.09. The van der Waals surface area contributed by atoms with Gasteiger partial charge in [-0.2, -0.15) is 9.61 Å². The number of rotatable bonds is 4. The van der Waals surface area contributed by atoms with Crippen molar-refractivity contribution in [2.45, 2.75) is 6.61 Å². The van der Waals surface area contributed by atoms with Crippen molar-refractivity contribution in [1.82, 2.24) is 19.8 Å². The molecule has 6 nitrogen and oxygen atoms in total. The summed E-state index contributed by atoms with van der Waals surface area (Å²) in [5.41, 5.74) is 2.24. The third-order valence-electron chi connectivity index (χ3n) is 2.96. The first-order chi connectivity index (χ1) is 9.69. The first-order valence-corrected chi connectivity index (χ1v) is 6.98. The number of benzene rings is 1. The van der Waals surface area contributed by atoms with Crippen LogP contribution in [0.2, 0.25) is 0 Å². The monoisotopic (exact) mass is 289 g/mol. The van der Waals surface area contributed by atoms with Crippen molar-refractivity contribution in [3.05, 3.63) is 30.1 Å². The molecule has 0 amide bonds. The lowest BCUT2D eigenvalue weighted by atomic mass is 10.2. The predicted molar refractivity (Wildman–Crippen MR) is 79.1 cm³/mol. The fraction of sp³-hybridized carbons (Fsp3) is 0.308. The number of hydrogen-bond acceptors (Lipinski definition) is 6. The molecule has 0 aliphatic carbocycles. The van der Waals surface area contributed by atoms with E-state index in [1.54, 1.807) is 11.6 Å². The van der Waals surface area contributed by atoms with Crippen molar-refractivity contribution in [3.8, 4) is 10.6 Å².